The molecule has 3 heterocycles. The molecule has 144 valence electrons. The van der Waals surface area contributed by atoms with Gasteiger partial charge in [-0.2, -0.15) is 0 Å². The van der Waals surface area contributed by atoms with Crippen molar-refractivity contribution in [3.8, 4) is 0 Å². The standard InChI is InChI=1S/C24H12Br3N3/c25-10-4-1-7-13-16(10)19-20-17-11(26)5-2-8-14(17)29-23(20)24-21(22(19)28-13)18-12(27)6-3-9-15(18)30-24/h1-9,28-30H. The van der Waals surface area contributed by atoms with Crippen LogP contribution in [-0.2, 0) is 0 Å². The van der Waals surface area contributed by atoms with E-state index in [9.17, 15) is 0 Å². The first-order valence-corrected chi connectivity index (χ1v) is 11.9. The highest BCUT2D eigenvalue weighted by molar-refractivity contribution is 9.11. The zero-order chi connectivity index (χ0) is 20.1. The van der Waals surface area contributed by atoms with Crippen molar-refractivity contribution in [2.24, 2.45) is 0 Å². The molecule has 0 saturated carbocycles. The van der Waals surface area contributed by atoms with Crippen LogP contribution in [0.2, 0.25) is 0 Å². The first-order chi connectivity index (χ1) is 14.6. The lowest BCUT2D eigenvalue weighted by atomic mass is 10.0. The minimum atomic E-state index is 1.09. The quantitative estimate of drug-likeness (QED) is 0.160. The van der Waals surface area contributed by atoms with E-state index in [1.54, 1.807) is 0 Å². The molecule has 0 spiro atoms. The van der Waals surface area contributed by atoms with Gasteiger partial charge in [0, 0.05) is 62.3 Å². The van der Waals surface area contributed by atoms with E-state index in [1.807, 2.05) is 0 Å². The van der Waals surface area contributed by atoms with Gasteiger partial charge in [0.1, 0.15) is 0 Å². The maximum Gasteiger partial charge on any atom is 0.0732 e. The third-order valence-electron chi connectivity index (χ3n) is 6.07. The third kappa shape index (κ3) is 2.04. The average molecular weight is 582 g/mol. The van der Waals surface area contributed by atoms with Crippen molar-refractivity contribution in [2.45, 2.75) is 0 Å². The van der Waals surface area contributed by atoms with Gasteiger partial charge in [-0.15, -0.1) is 0 Å². The molecular weight excluding hydrogens is 570 g/mol. The van der Waals surface area contributed by atoms with Gasteiger partial charge in [-0.25, -0.2) is 0 Å². The lowest BCUT2D eigenvalue weighted by Gasteiger charge is -2.03. The third-order valence-corrected chi connectivity index (χ3v) is 8.05. The van der Waals surface area contributed by atoms with Crippen molar-refractivity contribution in [1.29, 1.82) is 0 Å². The molecule has 0 saturated heterocycles. The van der Waals surface area contributed by atoms with Crippen molar-refractivity contribution in [1.82, 2.24) is 15.0 Å². The second kappa shape index (κ2) is 5.90. The summed E-state index contributed by atoms with van der Waals surface area (Å²) in [6.45, 7) is 0. The van der Waals surface area contributed by atoms with Crippen molar-refractivity contribution in [3.63, 3.8) is 0 Å². The number of aromatic nitrogens is 3. The number of halogens is 3. The van der Waals surface area contributed by atoms with Crippen LogP contribution in [0.1, 0.15) is 0 Å². The number of rotatable bonds is 0. The fourth-order valence-electron chi connectivity index (χ4n) is 4.93. The van der Waals surface area contributed by atoms with Crippen molar-refractivity contribution in [2.75, 3.05) is 0 Å². The van der Waals surface area contributed by atoms with Crippen LogP contribution in [0, 0.1) is 0 Å². The molecule has 30 heavy (non-hydrogen) atoms. The van der Waals surface area contributed by atoms with Gasteiger partial charge in [-0.3, -0.25) is 0 Å². The number of nitrogens with one attached hydrogen (secondary N) is 3. The van der Waals surface area contributed by atoms with Gasteiger partial charge in [0.15, 0.2) is 0 Å². The van der Waals surface area contributed by atoms with Gasteiger partial charge in [-0.1, -0.05) is 66.0 Å². The molecule has 7 rings (SSSR count). The second-order valence-electron chi connectivity index (χ2n) is 7.61. The van der Waals surface area contributed by atoms with Gasteiger partial charge in [0.05, 0.1) is 16.6 Å². The topological polar surface area (TPSA) is 47.4 Å². The van der Waals surface area contributed by atoms with E-state index in [0.717, 1.165) is 46.5 Å². The Labute approximate surface area is 195 Å². The van der Waals surface area contributed by atoms with Crippen molar-refractivity contribution in [3.05, 3.63) is 68.0 Å². The Morgan fingerprint density at radius 1 is 0.400 bits per heavy atom. The number of aromatic amines is 3. The molecule has 7 aromatic rings. The number of fused-ring (bicyclic) bond motifs is 12. The fourth-order valence-corrected chi connectivity index (χ4v) is 6.62. The largest absolute Gasteiger partial charge is 0.354 e. The Balaban J connectivity index is 1.96. The van der Waals surface area contributed by atoms with E-state index >= 15 is 0 Å². The van der Waals surface area contributed by atoms with Crippen LogP contribution >= 0.6 is 47.8 Å². The van der Waals surface area contributed by atoms with Crippen LogP contribution in [0.25, 0.3) is 65.4 Å². The summed E-state index contributed by atoms with van der Waals surface area (Å²) in [4.78, 5) is 11.1. The number of hydrogen-bond acceptors (Lipinski definition) is 0. The summed E-state index contributed by atoms with van der Waals surface area (Å²) in [6.07, 6.45) is 0. The zero-order valence-corrected chi connectivity index (χ0v) is 20.1. The Hall–Kier alpha value is -2.28. The van der Waals surface area contributed by atoms with Gasteiger partial charge < -0.3 is 15.0 Å². The molecule has 3 aromatic heterocycles. The Morgan fingerprint density at radius 3 is 1.27 bits per heavy atom. The lowest BCUT2D eigenvalue weighted by molar-refractivity contribution is 1.51. The Bertz CT molecular complexity index is 1840. The molecule has 0 radical (unpaired) electrons. The zero-order valence-electron chi connectivity index (χ0n) is 15.3. The molecule has 0 aliphatic heterocycles. The predicted molar refractivity (Wildman–Crippen MR) is 138 cm³/mol. The van der Waals surface area contributed by atoms with E-state index in [-0.39, 0.29) is 0 Å². The summed E-state index contributed by atoms with van der Waals surface area (Å²) in [5.74, 6) is 0. The average Bonchev–Trinajstić information content (AvgIpc) is 3.39. The van der Waals surface area contributed by atoms with Crippen molar-refractivity contribution >= 4 is 113 Å². The lowest BCUT2D eigenvalue weighted by Crippen LogP contribution is -1.78. The van der Waals surface area contributed by atoms with Gasteiger partial charge in [-0.05, 0) is 36.4 Å². The van der Waals surface area contributed by atoms with Crippen LogP contribution in [-0.4, -0.2) is 15.0 Å². The molecule has 0 bridgehead atoms. The number of hydrogen-bond donors (Lipinski definition) is 3. The highest BCUT2D eigenvalue weighted by Gasteiger charge is 2.23. The molecule has 6 heteroatoms. The highest BCUT2D eigenvalue weighted by Crippen LogP contribution is 2.47. The smallest absolute Gasteiger partial charge is 0.0732 e. The van der Waals surface area contributed by atoms with Crippen molar-refractivity contribution < 1.29 is 0 Å². The summed E-state index contributed by atoms with van der Waals surface area (Å²) in [5.41, 5.74) is 6.74. The van der Waals surface area contributed by atoms with Gasteiger partial charge in [0.2, 0.25) is 0 Å². The molecule has 0 amide bonds. The summed E-state index contributed by atoms with van der Waals surface area (Å²) in [6, 6.07) is 19.0. The second-order valence-corrected chi connectivity index (χ2v) is 10.2. The summed E-state index contributed by atoms with van der Waals surface area (Å²) in [5, 5.41) is 7.26. The van der Waals surface area contributed by atoms with Crippen LogP contribution < -0.4 is 0 Å². The van der Waals surface area contributed by atoms with Crippen LogP contribution in [0.15, 0.2) is 68.0 Å². The Morgan fingerprint density at radius 2 is 0.767 bits per heavy atom. The SMILES string of the molecule is Brc1cccc2[nH]c3c4[nH]c5cccc(Br)c5c4c4c([nH]c5cccc(Br)c54)c3c12. The molecule has 0 aliphatic carbocycles. The summed E-state index contributed by atoms with van der Waals surface area (Å²) in [7, 11) is 0. The summed E-state index contributed by atoms with van der Waals surface area (Å²) < 4.78 is 3.26. The molecule has 0 aliphatic rings. The maximum atomic E-state index is 3.81. The van der Waals surface area contributed by atoms with E-state index in [2.05, 4.69) is 117 Å². The predicted octanol–water partition coefficient (Wildman–Crippen LogP) is 8.88. The molecule has 0 atom stereocenters. The molecule has 0 fully saturated rings. The van der Waals surface area contributed by atoms with Gasteiger partial charge in [0.25, 0.3) is 0 Å². The van der Waals surface area contributed by atoms with E-state index < -0.39 is 0 Å². The Kier molecular flexibility index (Phi) is 3.42. The van der Waals surface area contributed by atoms with Gasteiger partial charge >= 0.3 is 0 Å². The van der Waals surface area contributed by atoms with E-state index in [1.165, 1.54) is 32.3 Å². The molecule has 3 N–H and O–H groups in total. The first kappa shape index (κ1) is 17.4. The maximum absolute atomic E-state index is 3.81. The molecule has 4 aromatic carbocycles. The fraction of sp³-hybridized carbons (Fsp3) is 0. The van der Waals surface area contributed by atoms with E-state index in [0.29, 0.717) is 0 Å². The highest BCUT2D eigenvalue weighted by atomic mass is 79.9. The number of H-pyrrole nitrogens is 3. The minimum Gasteiger partial charge on any atom is -0.354 e. The van der Waals surface area contributed by atoms with E-state index in [4.69, 9.17) is 0 Å². The molecule has 3 nitrogen and oxygen atoms in total. The first-order valence-electron chi connectivity index (χ1n) is 9.55. The van der Waals surface area contributed by atoms with Crippen LogP contribution in [0.5, 0.6) is 0 Å². The normalized spacial score (nSPS) is 12.5. The summed E-state index contributed by atoms with van der Waals surface area (Å²) >= 11 is 11.4. The van der Waals surface area contributed by atoms with Crippen LogP contribution in [0.3, 0.4) is 0 Å². The number of benzene rings is 4. The minimum absolute atomic E-state index is 1.09. The van der Waals surface area contributed by atoms with Crippen LogP contribution in [0.4, 0.5) is 0 Å². The molecular formula is C24H12Br3N3. The molecule has 0 unspecified atom stereocenters. The monoisotopic (exact) mass is 579 g/mol.